The summed E-state index contributed by atoms with van der Waals surface area (Å²) in [5.74, 6) is -6.28. The Morgan fingerprint density at radius 3 is 2.01 bits per heavy atom. The van der Waals surface area contributed by atoms with E-state index in [1.807, 2.05) is 71.9 Å². The molecule has 4 aliphatic rings. The van der Waals surface area contributed by atoms with Crippen LogP contribution in [0.3, 0.4) is 0 Å². The molecule has 1 heterocycles. The van der Waals surface area contributed by atoms with Crippen LogP contribution in [-0.2, 0) is 49.2 Å². The van der Waals surface area contributed by atoms with E-state index in [-0.39, 0.29) is 101 Å². The molecule has 4 fully saturated rings. The van der Waals surface area contributed by atoms with Crippen LogP contribution in [0.4, 0.5) is 17.6 Å². The fourth-order valence-corrected chi connectivity index (χ4v) is 16.4. The summed E-state index contributed by atoms with van der Waals surface area (Å²) in [4.78, 5) is 65.5. The summed E-state index contributed by atoms with van der Waals surface area (Å²) in [7, 11) is -6.78. The molecule has 5 aromatic rings. The molecule has 4 aromatic carbocycles. The third kappa shape index (κ3) is 10.6. The minimum atomic E-state index is -6.62. The summed E-state index contributed by atoms with van der Waals surface area (Å²) >= 11 is 0. The zero-order valence-electron chi connectivity index (χ0n) is 43.9. The summed E-state index contributed by atoms with van der Waals surface area (Å²) in [6.45, 7) is 12.4. The van der Waals surface area contributed by atoms with E-state index in [4.69, 9.17) is 9.47 Å². The second kappa shape index (κ2) is 21.4. The molecule has 0 amide bonds. The highest BCUT2D eigenvalue weighted by atomic mass is 32.2. The van der Waals surface area contributed by atoms with Crippen molar-refractivity contribution in [1.82, 2.24) is 0 Å². The lowest BCUT2D eigenvalue weighted by molar-refractivity contribution is -0.175. The number of ketones is 3. The molecule has 0 saturated heterocycles. The van der Waals surface area contributed by atoms with Gasteiger partial charge in [-0.15, -0.1) is 0 Å². The number of fused-ring (bicyclic) bond motifs is 8. The smallest absolute Gasteiger partial charge is 0.396 e. The SMILES string of the molecule is C[C@H](CCC(=O)OCCC(F)(F)C(F)(F)S(=O)(=O)[O-])[C@H]1CC[C@H]2[C@@H]3C(=O)CC4CC(=O)CC[C@]4(C)[C@H]3CC(=O)[C@]12C.Cc1cc(-[s+]2c3ccccc3c3ccccc32)cc(C)c1OCC(=O)OC(C)(C)c1ccccc1. The molecule has 408 valence electrons. The van der Waals surface area contributed by atoms with Gasteiger partial charge in [-0.05, 0) is 129 Å². The minimum Gasteiger partial charge on any atom is -0.743 e. The van der Waals surface area contributed by atoms with E-state index in [0.717, 1.165) is 22.4 Å². The normalized spacial score (nSPS) is 25.2. The Labute approximate surface area is 444 Å². The van der Waals surface area contributed by atoms with Crippen LogP contribution < -0.4 is 4.74 Å². The third-order valence-electron chi connectivity index (χ3n) is 17.5. The highest BCUT2D eigenvalue weighted by Crippen LogP contribution is 2.66. The van der Waals surface area contributed by atoms with Gasteiger partial charge in [0.1, 0.15) is 28.7 Å². The van der Waals surface area contributed by atoms with E-state index in [9.17, 15) is 54.5 Å². The van der Waals surface area contributed by atoms with Crippen molar-refractivity contribution >= 4 is 70.0 Å². The average molecular weight is 1090 g/mol. The van der Waals surface area contributed by atoms with Gasteiger partial charge in [0.15, 0.2) is 31.0 Å². The molecule has 76 heavy (non-hydrogen) atoms. The Balaban J connectivity index is 0.000000204. The zero-order valence-corrected chi connectivity index (χ0v) is 45.6. The number of hydrogen-bond acceptors (Lipinski definition) is 11. The number of esters is 2. The third-order valence-corrected chi connectivity index (χ3v) is 20.7. The van der Waals surface area contributed by atoms with Crippen LogP contribution in [-0.4, -0.2) is 66.6 Å². The van der Waals surface area contributed by atoms with Gasteiger partial charge in [-0.1, -0.05) is 75.4 Å². The summed E-state index contributed by atoms with van der Waals surface area (Å²) < 4.78 is 104. The van der Waals surface area contributed by atoms with Gasteiger partial charge in [-0.3, -0.25) is 19.2 Å². The van der Waals surface area contributed by atoms with Gasteiger partial charge < -0.3 is 18.8 Å². The summed E-state index contributed by atoms with van der Waals surface area (Å²) in [5.41, 5.74) is 1.25. The van der Waals surface area contributed by atoms with Gasteiger partial charge in [0, 0.05) is 76.8 Å². The standard InChI is InChI=1S/C31H29O3S.C28H38F4O8S/c1-21-18-24(35-27-16-10-8-14-25(27)26-15-9-11-17-28(26)35)19-22(2)30(21)33-20-29(32)34-31(3,4)23-12-6-5-7-13-23;1-15(4-7-23(36)40-11-10-27(29,30)28(31,32)41(37,38)39)18-5-6-19-24-20(14-22(35)26(18,19)3)25(2)9-8-17(33)12-16(25)13-21(24)34/h5-19H,20H2,1-4H3;15-16,18-20,24H,4-14H2,1-3H3,(H,37,38,39)/q+1;/p-1/t;15-,16?,18-,19+,20+,24+,25+,26-/m.1/s1. The Morgan fingerprint density at radius 1 is 0.816 bits per heavy atom. The van der Waals surface area contributed by atoms with Gasteiger partial charge in [0.25, 0.3) is 0 Å². The highest BCUT2D eigenvalue weighted by Gasteiger charge is 2.66. The topological polar surface area (TPSA) is 170 Å². The number of aryl methyl sites for hydroxylation is 2. The predicted octanol–water partition coefficient (Wildman–Crippen LogP) is 12.9. The van der Waals surface area contributed by atoms with E-state index in [2.05, 4.69) is 72.3 Å². The van der Waals surface area contributed by atoms with E-state index in [1.165, 1.54) is 25.1 Å². The molecular weight excluding hydrogens is 1020 g/mol. The van der Waals surface area contributed by atoms with Crippen molar-refractivity contribution in [2.75, 3.05) is 13.2 Å². The Hall–Kier alpha value is -5.52. The lowest BCUT2D eigenvalue weighted by atomic mass is 9.44. The molecule has 0 N–H and O–H groups in total. The lowest BCUT2D eigenvalue weighted by Gasteiger charge is -2.58. The molecule has 4 saturated carbocycles. The predicted molar refractivity (Wildman–Crippen MR) is 280 cm³/mol. The van der Waals surface area contributed by atoms with Gasteiger partial charge in [-0.2, -0.15) is 17.6 Å². The number of thiophene rings is 1. The van der Waals surface area contributed by atoms with Gasteiger partial charge >= 0.3 is 23.1 Å². The number of Topliss-reactive ketones (excluding diaryl/α,β-unsaturated/α-hetero) is 3. The first-order valence-corrected chi connectivity index (χ1v) is 28.6. The van der Waals surface area contributed by atoms with Crippen LogP contribution in [0.5, 0.6) is 5.75 Å². The second-order valence-corrected chi connectivity index (χ2v) is 25.8. The molecule has 9 rings (SSSR count). The first-order chi connectivity index (χ1) is 35.6. The number of rotatable bonds is 15. The fraction of sp³-hybridized carbons (Fsp3) is 0.508. The molecular formula is C59H66F4O11S2. The summed E-state index contributed by atoms with van der Waals surface area (Å²) in [6, 6.07) is 31.5. The number of carbonyl (C=O) groups is 5. The molecule has 1 aromatic heterocycles. The lowest BCUT2D eigenvalue weighted by Crippen LogP contribution is -2.60. The van der Waals surface area contributed by atoms with Crippen LogP contribution in [0.1, 0.15) is 116 Å². The Kier molecular flexibility index (Phi) is 15.9. The molecule has 0 aliphatic heterocycles. The number of carbonyl (C=O) groups excluding carboxylic acids is 5. The van der Waals surface area contributed by atoms with E-state index in [0.29, 0.717) is 38.5 Å². The first kappa shape index (κ1) is 56.7. The first-order valence-electron chi connectivity index (χ1n) is 26.0. The van der Waals surface area contributed by atoms with Crippen LogP contribution in [0.25, 0.3) is 25.1 Å². The van der Waals surface area contributed by atoms with Crippen molar-refractivity contribution in [2.45, 2.75) is 129 Å². The largest absolute Gasteiger partial charge is 0.743 e. The van der Waals surface area contributed by atoms with Crippen LogP contribution >= 0.6 is 10.5 Å². The minimum absolute atomic E-state index is 0.0346. The maximum absolute atomic E-state index is 13.8. The fourth-order valence-electron chi connectivity index (χ4n) is 13.3. The van der Waals surface area contributed by atoms with Crippen LogP contribution in [0.15, 0.2) is 91.0 Å². The molecule has 0 bridgehead atoms. The molecule has 17 heteroatoms. The van der Waals surface area contributed by atoms with Crippen molar-refractivity contribution in [3.05, 3.63) is 108 Å². The maximum atomic E-state index is 13.8. The zero-order chi connectivity index (χ0) is 55.3. The molecule has 11 nitrogen and oxygen atoms in total. The molecule has 4 aliphatic carbocycles. The Bertz CT molecular complexity index is 3090. The van der Waals surface area contributed by atoms with E-state index in [1.54, 1.807) is 0 Å². The van der Waals surface area contributed by atoms with E-state index < -0.39 is 51.3 Å². The van der Waals surface area contributed by atoms with Gasteiger partial charge in [-0.25, -0.2) is 13.2 Å². The number of halogens is 4. The summed E-state index contributed by atoms with van der Waals surface area (Å²) in [5, 5.41) is -3.22. The van der Waals surface area contributed by atoms with Crippen molar-refractivity contribution in [2.24, 2.45) is 46.3 Å². The van der Waals surface area contributed by atoms with Crippen LogP contribution in [0, 0.1) is 60.2 Å². The Morgan fingerprint density at radius 2 is 1.41 bits per heavy atom. The molecule has 8 atom stereocenters. The number of benzene rings is 4. The van der Waals surface area contributed by atoms with Crippen molar-refractivity contribution < 1.29 is 68.7 Å². The molecule has 0 spiro atoms. The number of ether oxygens (including phenoxy) is 3. The monoisotopic (exact) mass is 1090 g/mol. The quantitative estimate of drug-likeness (QED) is 0.0423. The van der Waals surface area contributed by atoms with Crippen molar-refractivity contribution in [3.63, 3.8) is 0 Å². The average Bonchev–Trinajstić information content (AvgIpc) is 3.89. The van der Waals surface area contributed by atoms with Crippen molar-refractivity contribution in [1.29, 1.82) is 0 Å². The second-order valence-electron chi connectivity index (χ2n) is 22.4. The van der Waals surface area contributed by atoms with Gasteiger partial charge in [0.05, 0.1) is 13.0 Å². The number of hydrogen-bond donors (Lipinski definition) is 0. The van der Waals surface area contributed by atoms with Gasteiger partial charge in [0.2, 0.25) is 0 Å². The molecule has 1 unspecified atom stereocenters. The summed E-state index contributed by atoms with van der Waals surface area (Å²) in [6.07, 6.45) is 1.64. The highest BCUT2D eigenvalue weighted by molar-refractivity contribution is 7.86. The van der Waals surface area contributed by atoms with Crippen molar-refractivity contribution in [3.8, 4) is 10.6 Å². The molecule has 0 radical (unpaired) electrons. The number of alkyl halides is 4. The maximum Gasteiger partial charge on any atom is 0.396 e. The van der Waals surface area contributed by atoms with Crippen LogP contribution in [0.2, 0.25) is 0 Å². The van der Waals surface area contributed by atoms with E-state index >= 15 is 0 Å².